The monoisotopic (exact) mass is 555 g/mol. The molecule has 190 valence electrons. The summed E-state index contributed by atoms with van der Waals surface area (Å²) in [5, 5.41) is 1.62. The molecule has 6 nitrogen and oxygen atoms in total. The number of esters is 1. The lowest BCUT2D eigenvalue weighted by Gasteiger charge is -2.24. The number of benzene rings is 4. The normalized spacial score (nSPS) is 11.3. The smallest absolute Gasteiger partial charge is 0.326 e. The first-order valence-corrected chi connectivity index (χ1v) is 13.5. The van der Waals surface area contributed by atoms with Crippen LogP contribution < -0.4 is 4.31 Å². The molecule has 4 aromatic carbocycles. The molecule has 0 spiro atoms. The number of Topliss-reactive ketones (excluding diaryl/α,β-unsaturated/α-hetero) is 1. The number of halogens is 2. The maximum absolute atomic E-state index is 13.6. The van der Waals surface area contributed by atoms with E-state index in [0.29, 0.717) is 29.2 Å². The van der Waals surface area contributed by atoms with Crippen molar-refractivity contribution in [2.45, 2.75) is 17.7 Å². The third-order valence-electron chi connectivity index (χ3n) is 5.86. The summed E-state index contributed by atoms with van der Waals surface area (Å²) in [5.74, 6) is -0.767. The Kier molecular flexibility index (Phi) is 8.17. The van der Waals surface area contributed by atoms with Gasteiger partial charge in [-0.2, -0.15) is 0 Å². The molecule has 0 amide bonds. The molecule has 0 radical (unpaired) electrons. The number of methoxy groups -OCH3 is 1. The van der Waals surface area contributed by atoms with Gasteiger partial charge in [0.15, 0.2) is 5.78 Å². The van der Waals surface area contributed by atoms with Crippen molar-refractivity contribution < 1.29 is 22.7 Å². The summed E-state index contributed by atoms with van der Waals surface area (Å²) in [4.78, 5) is 25.1. The lowest BCUT2D eigenvalue weighted by atomic mass is 9.97. The average Bonchev–Trinajstić information content (AvgIpc) is 2.89. The summed E-state index contributed by atoms with van der Waals surface area (Å²) in [7, 11) is -3.06. The van der Waals surface area contributed by atoms with E-state index in [1.807, 2.05) is 30.3 Å². The second kappa shape index (κ2) is 11.3. The van der Waals surface area contributed by atoms with Gasteiger partial charge in [0.25, 0.3) is 10.0 Å². The van der Waals surface area contributed by atoms with Gasteiger partial charge in [-0.15, -0.1) is 0 Å². The fraction of sp³-hybridized carbons (Fsp3) is 0.143. The molecule has 0 N–H and O–H groups in total. The van der Waals surface area contributed by atoms with E-state index >= 15 is 0 Å². The number of aryl methyl sites for hydroxylation is 1. The highest BCUT2D eigenvalue weighted by Crippen LogP contribution is 2.31. The van der Waals surface area contributed by atoms with Crippen LogP contribution in [0.4, 0.5) is 5.69 Å². The Morgan fingerprint density at radius 3 is 2.24 bits per heavy atom. The third-order valence-corrected chi connectivity index (χ3v) is 8.05. The van der Waals surface area contributed by atoms with Crippen molar-refractivity contribution in [3.05, 3.63) is 106 Å². The van der Waals surface area contributed by atoms with Crippen molar-refractivity contribution >= 4 is 61.4 Å². The van der Waals surface area contributed by atoms with Crippen LogP contribution in [0.1, 0.15) is 22.3 Å². The van der Waals surface area contributed by atoms with Gasteiger partial charge in [0, 0.05) is 22.0 Å². The first kappa shape index (κ1) is 26.7. The number of carbonyl (C=O) groups is 2. The van der Waals surface area contributed by atoms with Gasteiger partial charge >= 0.3 is 5.97 Å². The number of hydrogen-bond donors (Lipinski definition) is 0. The summed E-state index contributed by atoms with van der Waals surface area (Å²) in [6.07, 6.45) is 0.949. The van der Waals surface area contributed by atoms with Gasteiger partial charge in [0.1, 0.15) is 6.54 Å². The molecular formula is C28H23Cl2NO5S. The molecule has 0 saturated carbocycles. The van der Waals surface area contributed by atoms with Crippen LogP contribution in [0.5, 0.6) is 0 Å². The lowest BCUT2D eigenvalue weighted by molar-refractivity contribution is -0.138. The predicted octanol–water partition coefficient (Wildman–Crippen LogP) is 6.33. The van der Waals surface area contributed by atoms with Crippen molar-refractivity contribution in [3.63, 3.8) is 0 Å². The number of ether oxygens (including phenoxy) is 1. The van der Waals surface area contributed by atoms with Gasteiger partial charge in [-0.05, 0) is 53.1 Å². The van der Waals surface area contributed by atoms with E-state index in [4.69, 9.17) is 27.9 Å². The molecule has 4 aromatic rings. The summed E-state index contributed by atoms with van der Waals surface area (Å²) >= 11 is 12.1. The maximum atomic E-state index is 13.6. The molecule has 0 aliphatic heterocycles. The number of hydrogen-bond acceptors (Lipinski definition) is 5. The molecule has 0 aromatic heterocycles. The number of sulfonamides is 1. The third kappa shape index (κ3) is 6.13. The largest absolute Gasteiger partial charge is 0.468 e. The van der Waals surface area contributed by atoms with E-state index in [1.165, 1.54) is 25.3 Å². The van der Waals surface area contributed by atoms with E-state index in [2.05, 4.69) is 0 Å². The highest BCUT2D eigenvalue weighted by Gasteiger charge is 2.28. The van der Waals surface area contributed by atoms with E-state index < -0.39 is 22.5 Å². The zero-order chi connectivity index (χ0) is 26.6. The number of nitrogens with zero attached hydrogens (tertiary/aromatic N) is 1. The Labute approximate surface area is 225 Å². The zero-order valence-corrected chi connectivity index (χ0v) is 22.2. The van der Waals surface area contributed by atoms with Gasteiger partial charge < -0.3 is 4.74 Å². The van der Waals surface area contributed by atoms with Crippen LogP contribution in [-0.2, 0) is 26.0 Å². The van der Waals surface area contributed by atoms with Crippen LogP contribution in [0.15, 0.2) is 89.8 Å². The second-order valence-corrected chi connectivity index (χ2v) is 11.0. The molecule has 4 rings (SSSR count). The molecule has 0 aliphatic rings. The van der Waals surface area contributed by atoms with Crippen LogP contribution >= 0.6 is 23.2 Å². The quantitative estimate of drug-likeness (QED) is 0.178. The SMILES string of the molecule is COC(=O)CN(c1ccc2c(C(=O)CCc3ccccc3)cccc2c1)S(=O)(=O)c1cc(Cl)cc(Cl)c1. The minimum Gasteiger partial charge on any atom is -0.468 e. The van der Waals surface area contributed by atoms with Crippen LogP contribution in [-0.4, -0.2) is 33.8 Å². The Bertz CT molecular complexity index is 1550. The standard InChI is InChI=1S/C28H23Cl2NO5S/c1-36-28(33)18-31(37(34,35)24-16-21(29)15-22(30)17-24)23-11-12-25-20(14-23)8-5-9-26(25)27(32)13-10-19-6-3-2-4-7-19/h2-9,11-12,14-17H,10,13,18H2,1H3. The van der Waals surface area contributed by atoms with Gasteiger partial charge in [-0.3, -0.25) is 13.9 Å². The van der Waals surface area contributed by atoms with Crippen molar-refractivity contribution in [3.8, 4) is 0 Å². The Hall–Kier alpha value is -3.39. The molecule has 9 heteroatoms. The molecule has 37 heavy (non-hydrogen) atoms. The topological polar surface area (TPSA) is 80.8 Å². The number of ketones is 1. The fourth-order valence-electron chi connectivity index (χ4n) is 4.01. The van der Waals surface area contributed by atoms with E-state index in [1.54, 1.807) is 36.4 Å². The molecule has 0 unspecified atom stereocenters. The van der Waals surface area contributed by atoms with Gasteiger partial charge in [0.2, 0.25) is 0 Å². The summed E-state index contributed by atoms with van der Waals surface area (Å²) in [6.45, 7) is -0.565. The first-order chi connectivity index (χ1) is 17.7. The molecule has 0 heterocycles. The Balaban J connectivity index is 1.71. The van der Waals surface area contributed by atoms with E-state index in [-0.39, 0.29) is 26.4 Å². The van der Waals surface area contributed by atoms with Crippen molar-refractivity contribution in [2.24, 2.45) is 0 Å². The Morgan fingerprint density at radius 2 is 1.57 bits per heavy atom. The van der Waals surface area contributed by atoms with Crippen LogP contribution in [0.3, 0.4) is 0 Å². The van der Waals surface area contributed by atoms with E-state index in [9.17, 15) is 18.0 Å². The molecule has 0 saturated heterocycles. The minimum atomic E-state index is -4.24. The Morgan fingerprint density at radius 1 is 0.865 bits per heavy atom. The lowest BCUT2D eigenvalue weighted by Crippen LogP contribution is -2.36. The highest BCUT2D eigenvalue weighted by atomic mass is 35.5. The number of rotatable bonds is 9. The van der Waals surface area contributed by atoms with Crippen LogP contribution in [0.2, 0.25) is 10.0 Å². The maximum Gasteiger partial charge on any atom is 0.326 e. The number of fused-ring (bicyclic) bond motifs is 1. The van der Waals surface area contributed by atoms with Gasteiger partial charge in [-0.25, -0.2) is 8.42 Å². The van der Waals surface area contributed by atoms with Crippen LogP contribution in [0, 0.1) is 0 Å². The molecule has 0 fully saturated rings. The van der Waals surface area contributed by atoms with Crippen molar-refractivity contribution in [2.75, 3.05) is 18.0 Å². The summed E-state index contributed by atoms with van der Waals surface area (Å²) in [6, 6.07) is 23.8. The summed E-state index contributed by atoms with van der Waals surface area (Å²) < 4.78 is 32.8. The average molecular weight is 556 g/mol. The molecular weight excluding hydrogens is 533 g/mol. The predicted molar refractivity (Wildman–Crippen MR) is 146 cm³/mol. The minimum absolute atomic E-state index is 0.0187. The van der Waals surface area contributed by atoms with Crippen molar-refractivity contribution in [1.29, 1.82) is 0 Å². The number of anilines is 1. The van der Waals surface area contributed by atoms with Gasteiger partial charge in [-0.1, -0.05) is 77.8 Å². The first-order valence-electron chi connectivity index (χ1n) is 11.3. The number of carbonyl (C=O) groups excluding carboxylic acids is 2. The zero-order valence-electron chi connectivity index (χ0n) is 19.9. The molecule has 0 atom stereocenters. The summed E-state index contributed by atoms with van der Waals surface area (Å²) in [5.41, 5.74) is 1.84. The molecule has 0 bridgehead atoms. The van der Waals surface area contributed by atoms with Gasteiger partial charge in [0.05, 0.1) is 17.7 Å². The second-order valence-electron chi connectivity index (χ2n) is 8.31. The fourth-order valence-corrected chi connectivity index (χ4v) is 6.14. The van der Waals surface area contributed by atoms with E-state index in [0.717, 1.165) is 9.87 Å². The molecule has 0 aliphatic carbocycles. The highest BCUT2D eigenvalue weighted by molar-refractivity contribution is 7.92. The van der Waals surface area contributed by atoms with Crippen molar-refractivity contribution in [1.82, 2.24) is 0 Å². The van der Waals surface area contributed by atoms with Crippen LogP contribution in [0.25, 0.3) is 10.8 Å².